The molecule has 0 fully saturated rings. The topological polar surface area (TPSA) is 118 Å². The van der Waals surface area contributed by atoms with Crippen LogP contribution >= 0.6 is 0 Å². The molecule has 1 aromatic carbocycles. The van der Waals surface area contributed by atoms with Gasteiger partial charge in [0, 0.05) is 0 Å². The summed E-state index contributed by atoms with van der Waals surface area (Å²) in [4.78, 5) is 10.9. The Labute approximate surface area is 97.4 Å². The number of benzene rings is 1. The molecule has 6 heteroatoms. The van der Waals surface area contributed by atoms with E-state index in [1.54, 1.807) is 18.2 Å². The van der Waals surface area contributed by atoms with Gasteiger partial charge >= 0.3 is 11.9 Å². The van der Waals surface area contributed by atoms with Crippen molar-refractivity contribution in [2.45, 2.75) is 24.9 Å². The molecular weight excluding hydrogens is 228 g/mol. The second-order valence-electron chi connectivity index (χ2n) is 3.70. The smallest absolute Gasteiger partial charge is 0.335 e. The first kappa shape index (κ1) is 13.6. The summed E-state index contributed by atoms with van der Waals surface area (Å²) in [7, 11) is 0. The van der Waals surface area contributed by atoms with E-state index in [1.165, 1.54) is 6.07 Å². The number of carbonyl (C=O) groups is 1. The molecule has 0 amide bonds. The molecule has 0 spiro atoms. The van der Waals surface area contributed by atoms with E-state index >= 15 is 0 Å². The lowest BCUT2D eigenvalue weighted by Gasteiger charge is -2.20. The van der Waals surface area contributed by atoms with Crippen molar-refractivity contribution in [3.05, 3.63) is 35.4 Å². The molecule has 1 unspecified atom stereocenters. The molecule has 0 radical (unpaired) electrons. The van der Waals surface area contributed by atoms with Crippen LogP contribution in [0.2, 0.25) is 0 Å². The molecule has 0 aliphatic carbocycles. The van der Waals surface area contributed by atoms with Crippen LogP contribution in [0.1, 0.15) is 22.3 Å². The summed E-state index contributed by atoms with van der Waals surface area (Å²) < 4.78 is 0. The molecule has 0 saturated heterocycles. The van der Waals surface area contributed by atoms with Crippen molar-refractivity contribution in [3.8, 4) is 0 Å². The second-order valence-corrected chi connectivity index (χ2v) is 3.70. The maximum absolute atomic E-state index is 10.9. The second kappa shape index (κ2) is 5.24. The zero-order valence-electron chi connectivity index (χ0n) is 8.95. The molecule has 0 aliphatic heterocycles. The van der Waals surface area contributed by atoms with Crippen molar-refractivity contribution >= 4 is 5.97 Å². The van der Waals surface area contributed by atoms with E-state index in [-0.39, 0.29) is 18.4 Å². The lowest BCUT2D eigenvalue weighted by molar-refractivity contribution is -0.355. The summed E-state index contributed by atoms with van der Waals surface area (Å²) in [6.07, 6.45) is -1.83. The predicted octanol–water partition coefficient (Wildman–Crippen LogP) is -0.691. The number of carboxylic acids is 1. The molecule has 94 valence electrons. The number of hydrogen-bond acceptors (Lipinski definition) is 5. The Bertz CT molecular complexity index is 395. The first-order valence-corrected chi connectivity index (χ1v) is 4.98. The lowest BCUT2D eigenvalue weighted by atomic mass is 10.0. The zero-order valence-corrected chi connectivity index (χ0v) is 8.95. The van der Waals surface area contributed by atoms with Gasteiger partial charge in [0.15, 0.2) is 0 Å². The third kappa shape index (κ3) is 3.79. The van der Waals surface area contributed by atoms with Gasteiger partial charge in [-0.25, -0.2) is 4.79 Å². The molecule has 0 aromatic heterocycles. The Morgan fingerprint density at radius 2 is 1.82 bits per heavy atom. The number of rotatable bonds is 5. The van der Waals surface area contributed by atoms with Gasteiger partial charge in [0.2, 0.25) is 0 Å². The maximum Gasteiger partial charge on any atom is 0.335 e. The average Bonchev–Trinajstić information content (AvgIpc) is 2.24. The van der Waals surface area contributed by atoms with Crippen molar-refractivity contribution in [2.75, 3.05) is 0 Å². The van der Waals surface area contributed by atoms with Crippen LogP contribution in [0.5, 0.6) is 0 Å². The highest BCUT2D eigenvalue weighted by molar-refractivity contribution is 5.89. The fourth-order valence-electron chi connectivity index (χ4n) is 1.43. The molecule has 0 aliphatic rings. The number of aryl methyl sites for hydroxylation is 1. The summed E-state index contributed by atoms with van der Waals surface area (Å²) in [6, 6.07) is 6.17. The minimum Gasteiger partial charge on any atom is -0.478 e. The lowest BCUT2D eigenvalue weighted by Crippen LogP contribution is -2.42. The summed E-state index contributed by atoms with van der Waals surface area (Å²) >= 11 is 0. The first-order valence-electron chi connectivity index (χ1n) is 4.98. The van der Waals surface area contributed by atoms with E-state index in [9.17, 15) is 9.90 Å². The molecule has 1 aromatic rings. The van der Waals surface area contributed by atoms with Gasteiger partial charge in [-0.15, -0.1) is 0 Å². The minimum absolute atomic E-state index is 0.0825. The van der Waals surface area contributed by atoms with Crippen LogP contribution in [0.25, 0.3) is 0 Å². The number of hydrogen-bond donors (Lipinski definition) is 5. The van der Waals surface area contributed by atoms with Crippen LogP contribution in [0, 0.1) is 0 Å². The highest BCUT2D eigenvalue weighted by Gasteiger charge is 2.29. The van der Waals surface area contributed by atoms with E-state index in [4.69, 9.17) is 20.4 Å². The molecular formula is C11H14O6. The Kier molecular flexibility index (Phi) is 4.19. The Balaban J connectivity index is 2.73. The SMILES string of the molecule is O=C(O)c1ccccc1CCC(O)C(O)(O)O. The van der Waals surface area contributed by atoms with Gasteiger partial charge in [-0.3, -0.25) is 0 Å². The standard InChI is InChI=1S/C11H14O6/c12-9(11(15,16)17)6-5-7-3-1-2-4-8(7)10(13)14/h1-4,9,12,15-17H,5-6H2,(H,13,14). The van der Waals surface area contributed by atoms with Gasteiger partial charge in [0.1, 0.15) is 6.10 Å². The predicted molar refractivity (Wildman–Crippen MR) is 57.1 cm³/mol. The number of carboxylic acid groups (broad SMARTS) is 1. The molecule has 1 rings (SSSR count). The Hall–Kier alpha value is -1.47. The molecule has 17 heavy (non-hydrogen) atoms. The molecule has 0 saturated carbocycles. The summed E-state index contributed by atoms with van der Waals surface area (Å²) in [5.41, 5.74) is 0.530. The molecule has 5 N–H and O–H groups in total. The van der Waals surface area contributed by atoms with Gasteiger partial charge in [-0.05, 0) is 24.5 Å². The van der Waals surface area contributed by atoms with E-state index in [0.29, 0.717) is 5.56 Å². The van der Waals surface area contributed by atoms with Crippen LogP contribution in [0.4, 0.5) is 0 Å². The van der Waals surface area contributed by atoms with Gasteiger partial charge in [0.25, 0.3) is 0 Å². The van der Waals surface area contributed by atoms with Crippen molar-refractivity contribution in [1.29, 1.82) is 0 Å². The highest BCUT2D eigenvalue weighted by Crippen LogP contribution is 2.15. The fraction of sp³-hybridized carbons (Fsp3) is 0.364. The molecule has 0 bridgehead atoms. The largest absolute Gasteiger partial charge is 0.478 e. The number of aliphatic hydroxyl groups excluding tert-OH is 1. The van der Waals surface area contributed by atoms with Crippen molar-refractivity contribution in [1.82, 2.24) is 0 Å². The third-order valence-electron chi connectivity index (χ3n) is 2.38. The van der Waals surface area contributed by atoms with E-state index in [1.807, 2.05) is 0 Å². The minimum atomic E-state index is -3.17. The van der Waals surface area contributed by atoms with Gasteiger partial charge in [0.05, 0.1) is 5.56 Å². The fourth-order valence-corrected chi connectivity index (χ4v) is 1.43. The van der Waals surface area contributed by atoms with Gasteiger partial charge < -0.3 is 25.5 Å². The van der Waals surface area contributed by atoms with Crippen LogP contribution in [-0.4, -0.2) is 43.6 Å². The van der Waals surface area contributed by atoms with Gasteiger partial charge in [-0.1, -0.05) is 18.2 Å². The van der Waals surface area contributed by atoms with Crippen LogP contribution < -0.4 is 0 Å². The Morgan fingerprint density at radius 1 is 1.24 bits per heavy atom. The number of aliphatic hydroxyl groups is 4. The monoisotopic (exact) mass is 242 g/mol. The maximum atomic E-state index is 10.9. The van der Waals surface area contributed by atoms with Crippen molar-refractivity contribution < 1.29 is 30.3 Å². The average molecular weight is 242 g/mol. The van der Waals surface area contributed by atoms with Crippen LogP contribution in [0.15, 0.2) is 24.3 Å². The van der Waals surface area contributed by atoms with Crippen molar-refractivity contribution in [2.24, 2.45) is 0 Å². The highest BCUT2D eigenvalue weighted by atomic mass is 16.7. The molecule has 0 heterocycles. The molecule has 1 atom stereocenters. The molecule has 6 nitrogen and oxygen atoms in total. The quantitative estimate of drug-likeness (QED) is 0.436. The zero-order chi connectivity index (χ0) is 13.1. The summed E-state index contributed by atoms with van der Waals surface area (Å²) in [5, 5.41) is 44.1. The van der Waals surface area contributed by atoms with Gasteiger partial charge in [-0.2, -0.15) is 0 Å². The van der Waals surface area contributed by atoms with Crippen molar-refractivity contribution in [3.63, 3.8) is 0 Å². The Morgan fingerprint density at radius 3 is 2.35 bits per heavy atom. The summed E-state index contributed by atoms with van der Waals surface area (Å²) in [6.45, 7) is 0. The number of aromatic carboxylic acids is 1. The van der Waals surface area contributed by atoms with Crippen LogP contribution in [0.3, 0.4) is 0 Å². The van der Waals surface area contributed by atoms with E-state index in [2.05, 4.69) is 0 Å². The summed E-state index contributed by atoms with van der Waals surface area (Å²) in [5.74, 6) is -4.27. The first-order chi connectivity index (χ1) is 7.82. The van der Waals surface area contributed by atoms with E-state index < -0.39 is 18.0 Å². The normalized spacial score (nSPS) is 13.4. The van der Waals surface area contributed by atoms with Crippen LogP contribution in [-0.2, 0) is 6.42 Å². The van der Waals surface area contributed by atoms with E-state index in [0.717, 1.165) is 0 Å². The third-order valence-corrected chi connectivity index (χ3v) is 2.38.